The normalized spacial score (nSPS) is 10.7. The van der Waals surface area contributed by atoms with E-state index in [9.17, 15) is 4.79 Å². The number of aromatic amines is 1. The van der Waals surface area contributed by atoms with Gasteiger partial charge in [-0.2, -0.15) is 0 Å². The van der Waals surface area contributed by atoms with E-state index in [1.54, 1.807) is 24.5 Å². The number of fused-ring (bicyclic) bond motifs is 1. The highest BCUT2D eigenvalue weighted by molar-refractivity contribution is 5.96. The maximum Gasteiger partial charge on any atom is 0.228 e. The van der Waals surface area contributed by atoms with Gasteiger partial charge in [0.2, 0.25) is 5.91 Å². The van der Waals surface area contributed by atoms with Crippen LogP contribution in [-0.2, 0) is 17.6 Å². The van der Waals surface area contributed by atoms with Crippen molar-refractivity contribution in [2.45, 2.75) is 19.8 Å². The van der Waals surface area contributed by atoms with Crippen LogP contribution >= 0.6 is 0 Å². The number of amides is 1. The van der Waals surface area contributed by atoms with Crippen LogP contribution < -0.4 is 5.32 Å². The van der Waals surface area contributed by atoms with E-state index in [4.69, 9.17) is 0 Å². The zero-order valence-corrected chi connectivity index (χ0v) is 11.9. The fourth-order valence-electron chi connectivity index (χ4n) is 2.56. The number of para-hydroxylation sites is 1. The minimum atomic E-state index is -0.0133. The summed E-state index contributed by atoms with van der Waals surface area (Å²) in [6, 6.07) is 11.7. The number of H-pyrrole nitrogens is 1. The second kappa shape index (κ2) is 5.79. The van der Waals surface area contributed by atoms with Crippen molar-refractivity contribution < 1.29 is 4.79 Å². The van der Waals surface area contributed by atoms with Gasteiger partial charge in [-0.1, -0.05) is 25.1 Å². The Bertz CT molecular complexity index is 762. The van der Waals surface area contributed by atoms with Crippen molar-refractivity contribution in [2.75, 3.05) is 5.32 Å². The maximum absolute atomic E-state index is 12.2. The lowest BCUT2D eigenvalue weighted by molar-refractivity contribution is -0.115. The van der Waals surface area contributed by atoms with Gasteiger partial charge >= 0.3 is 0 Å². The van der Waals surface area contributed by atoms with E-state index in [2.05, 4.69) is 28.3 Å². The first kappa shape index (κ1) is 13.4. The van der Waals surface area contributed by atoms with Crippen LogP contribution in [0.4, 0.5) is 5.69 Å². The number of rotatable bonds is 4. The molecule has 0 unspecified atom stereocenters. The minimum absolute atomic E-state index is 0.0133. The molecule has 2 heterocycles. The molecule has 106 valence electrons. The molecule has 0 aliphatic rings. The first-order valence-electron chi connectivity index (χ1n) is 7.06. The van der Waals surface area contributed by atoms with E-state index in [0.29, 0.717) is 6.42 Å². The summed E-state index contributed by atoms with van der Waals surface area (Å²) in [6.45, 7) is 2.09. The highest BCUT2D eigenvalue weighted by Gasteiger charge is 2.13. The Balaban J connectivity index is 1.85. The van der Waals surface area contributed by atoms with Crippen LogP contribution in [0.15, 0.2) is 48.8 Å². The zero-order chi connectivity index (χ0) is 14.7. The third kappa shape index (κ3) is 2.79. The third-order valence-electron chi connectivity index (χ3n) is 3.56. The largest absolute Gasteiger partial charge is 0.358 e. The monoisotopic (exact) mass is 279 g/mol. The Morgan fingerprint density at radius 2 is 1.95 bits per heavy atom. The first-order valence-corrected chi connectivity index (χ1v) is 7.06. The number of nitrogens with one attached hydrogen (secondary N) is 2. The smallest absolute Gasteiger partial charge is 0.228 e. The van der Waals surface area contributed by atoms with Crippen LogP contribution in [0, 0.1) is 0 Å². The van der Waals surface area contributed by atoms with Gasteiger partial charge in [-0.05, 0) is 30.2 Å². The molecule has 0 atom stereocenters. The SMILES string of the molecule is CCc1[nH]c2ccccc2c1CC(=O)Nc1ccncc1. The molecule has 0 bridgehead atoms. The number of carbonyl (C=O) groups is 1. The number of pyridine rings is 1. The van der Waals surface area contributed by atoms with Gasteiger partial charge in [-0.3, -0.25) is 9.78 Å². The van der Waals surface area contributed by atoms with Crippen molar-refractivity contribution in [2.24, 2.45) is 0 Å². The molecule has 4 nitrogen and oxygen atoms in total. The van der Waals surface area contributed by atoms with Gasteiger partial charge in [-0.25, -0.2) is 0 Å². The Morgan fingerprint density at radius 1 is 1.19 bits per heavy atom. The molecule has 0 radical (unpaired) electrons. The van der Waals surface area contributed by atoms with Crippen molar-refractivity contribution in [1.82, 2.24) is 9.97 Å². The Morgan fingerprint density at radius 3 is 2.71 bits per heavy atom. The number of hydrogen-bond acceptors (Lipinski definition) is 2. The molecule has 0 saturated heterocycles. The Hall–Kier alpha value is -2.62. The lowest BCUT2D eigenvalue weighted by Gasteiger charge is -2.06. The maximum atomic E-state index is 12.2. The van der Waals surface area contributed by atoms with Crippen LogP contribution in [0.2, 0.25) is 0 Å². The first-order chi connectivity index (χ1) is 10.3. The van der Waals surface area contributed by atoms with Gasteiger partial charge in [0.25, 0.3) is 0 Å². The second-order valence-electron chi connectivity index (χ2n) is 4.94. The lowest BCUT2D eigenvalue weighted by atomic mass is 10.1. The number of carbonyl (C=O) groups excluding carboxylic acids is 1. The topological polar surface area (TPSA) is 57.8 Å². The standard InChI is InChI=1S/C17H17N3O/c1-2-15-14(13-5-3-4-6-16(13)20-15)11-17(21)19-12-7-9-18-10-8-12/h3-10,20H,2,11H2,1H3,(H,18,19,21). The molecule has 0 aliphatic heterocycles. The van der Waals surface area contributed by atoms with Gasteiger partial charge in [0, 0.05) is 34.7 Å². The molecule has 0 spiro atoms. The third-order valence-corrected chi connectivity index (χ3v) is 3.56. The number of nitrogens with zero attached hydrogens (tertiary/aromatic N) is 1. The summed E-state index contributed by atoms with van der Waals surface area (Å²) < 4.78 is 0. The fraction of sp³-hybridized carbons (Fsp3) is 0.176. The molecular weight excluding hydrogens is 262 g/mol. The van der Waals surface area contributed by atoms with Crippen molar-refractivity contribution in [3.8, 4) is 0 Å². The van der Waals surface area contributed by atoms with Crippen LogP contribution in [0.5, 0.6) is 0 Å². The van der Waals surface area contributed by atoms with E-state index >= 15 is 0 Å². The van der Waals surface area contributed by atoms with Crippen LogP contribution in [0.1, 0.15) is 18.2 Å². The van der Waals surface area contributed by atoms with Gasteiger partial charge in [0.15, 0.2) is 0 Å². The molecule has 1 amide bonds. The molecule has 2 aromatic heterocycles. The van der Waals surface area contributed by atoms with Gasteiger partial charge < -0.3 is 10.3 Å². The summed E-state index contributed by atoms with van der Waals surface area (Å²) in [5.41, 5.74) is 4.06. The molecule has 3 rings (SSSR count). The Kier molecular flexibility index (Phi) is 3.69. The van der Waals surface area contributed by atoms with Crippen molar-refractivity contribution in [3.63, 3.8) is 0 Å². The summed E-state index contributed by atoms with van der Waals surface area (Å²) in [5, 5.41) is 4.03. The molecule has 4 heteroatoms. The number of benzene rings is 1. The average Bonchev–Trinajstić information content (AvgIpc) is 2.86. The summed E-state index contributed by atoms with van der Waals surface area (Å²) >= 11 is 0. The molecule has 0 saturated carbocycles. The minimum Gasteiger partial charge on any atom is -0.358 e. The molecule has 21 heavy (non-hydrogen) atoms. The molecule has 1 aromatic carbocycles. The van der Waals surface area contributed by atoms with E-state index in [1.807, 2.05) is 18.2 Å². The van der Waals surface area contributed by atoms with E-state index in [0.717, 1.165) is 34.3 Å². The molecule has 0 fully saturated rings. The highest BCUT2D eigenvalue weighted by atomic mass is 16.1. The predicted octanol–water partition coefficient (Wildman–Crippen LogP) is 3.31. The van der Waals surface area contributed by atoms with Crippen molar-refractivity contribution >= 4 is 22.5 Å². The van der Waals surface area contributed by atoms with E-state index in [-0.39, 0.29) is 5.91 Å². The lowest BCUT2D eigenvalue weighted by Crippen LogP contribution is -2.15. The van der Waals surface area contributed by atoms with Crippen LogP contribution in [0.3, 0.4) is 0 Å². The number of hydrogen-bond donors (Lipinski definition) is 2. The number of anilines is 1. The second-order valence-corrected chi connectivity index (χ2v) is 4.94. The van der Waals surface area contributed by atoms with Crippen LogP contribution in [0.25, 0.3) is 10.9 Å². The zero-order valence-electron chi connectivity index (χ0n) is 11.9. The van der Waals surface area contributed by atoms with Crippen LogP contribution in [-0.4, -0.2) is 15.9 Å². The highest BCUT2D eigenvalue weighted by Crippen LogP contribution is 2.23. The van der Waals surface area contributed by atoms with Crippen molar-refractivity contribution in [1.29, 1.82) is 0 Å². The molecule has 0 aliphatic carbocycles. The Labute approximate surface area is 123 Å². The number of aryl methyl sites for hydroxylation is 1. The summed E-state index contributed by atoms with van der Waals surface area (Å²) in [7, 11) is 0. The van der Waals surface area contributed by atoms with Gasteiger partial charge in [0.05, 0.1) is 6.42 Å². The van der Waals surface area contributed by atoms with Crippen molar-refractivity contribution in [3.05, 3.63) is 60.0 Å². The fourth-order valence-corrected chi connectivity index (χ4v) is 2.56. The number of aromatic nitrogens is 2. The summed E-state index contributed by atoms with van der Waals surface area (Å²) in [5.74, 6) is -0.0133. The quantitative estimate of drug-likeness (QED) is 0.769. The van der Waals surface area contributed by atoms with Gasteiger partial charge in [-0.15, -0.1) is 0 Å². The van der Waals surface area contributed by atoms with E-state index < -0.39 is 0 Å². The molecule has 2 N–H and O–H groups in total. The molecule has 3 aromatic rings. The molecular formula is C17H17N3O. The summed E-state index contributed by atoms with van der Waals surface area (Å²) in [4.78, 5) is 19.6. The van der Waals surface area contributed by atoms with Gasteiger partial charge in [0.1, 0.15) is 0 Å². The van der Waals surface area contributed by atoms with E-state index in [1.165, 1.54) is 0 Å². The average molecular weight is 279 g/mol. The predicted molar refractivity (Wildman–Crippen MR) is 84.2 cm³/mol. The summed E-state index contributed by atoms with van der Waals surface area (Å²) in [6.07, 6.45) is 4.58.